The zero-order valence-electron chi connectivity index (χ0n) is 10.8. The number of hydrogen-bond acceptors (Lipinski definition) is 2. The Balaban J connectivity index is 2.12. The van der Waals surface area contributed by atoms with E-state index in [0.717, 1.165) is 11.8 Å². The lowest BCUT2D eigenvalue weighted by Gasteiger charge is -2.10. The van der Waals surface area contributed by atoms with Gasteiger partial charge in [0.05, 0.1) is 6.42 Å². The average Bonchev–Trinajstić information content (AvgIpc) is 2.37. The van der Waals surface area contributed by atoms with Crippen molar-refractivity contribution in [3.8, 4) is 0 Å². The maximum atomic E-state index is 13.0. The molecule has 1 aromatic carbocycles. The molecule has 0 N–H and O–H groups in total. The Kier molecular flexibility index (Phi) is 7.05. The molecular formula is C14H16F4OS. The van der Waals surface area contributed by atoms with Crippen molar-refractivity contribution in [3.63, 3.8) is 0 Å². The summed E-state index contributed by atoms with van der Waals surface area (Å²) in [6.45, 7) is 0. The normalized spacial score (nSPS) is 13.2. The van der Waals surface area contributed by atoms with E-state index in [2.05, 4.69) is 0 Å². The first kappa shape index (κ1) is 17.0. The third kappa shape index (κ3) is 7.53. The van der Waals surface area contributed by atoms with Crippen molar-refractivity contribution < 1.29 is 22.4 Å². The lowest BCUT2D eigenvalue weighted by Crippen LogP contribution is -2.15. The molecule has 1 unspecified atom stereocenters. The first-order chi connectivity index (χ1) is 9.38. The van der Waals surface area contributed by atoms with E-state index in [0.29, 0.717) is 24.2 Å². The Morgan fingerprint density at radius 1 is 1.15 bits per heavy atom. The van der Waals surface area contributed by atoms with Gasteiger partial charge >= 0.3 is 6.18 Å². The molecule has 0 saturated heterocycles. The first-order valence-corrected chi connectivity index (χ1v) is 7.30. The highest BCUT2D eigenvalue weighted by molar-refractivity contribution is 8.14. The van der Waals surface area contributed by atoms with Crippen LogP contribution in [-0.2, 0) is 0 Å². The fraction of sp³-hybridized carbons (Fsp3) is 0.500. The molecule has 0 aliphatic rings. The summed E-state index contributed by atoms with van der Waals surface area (Å²) in [7, 11) is 0. The molecular weight excluding hydrogens is 292 g/mol. The number of rotatable bonds is 7. The second-order valence-electron chi connectivity index (χ2n) is 4.41. The number of carbonyl (C=O) groups excluding carboxylic acids is 1. The van der Waals surface area contributed by atoms with Gasteiger partial charge in [0.15, 0.2) is 0 Å². The zero-order valence-corrected chi connectivity index (χ0v) is 11.6. The summed E-state index contributed by atoms with van der Waals surface area (Å²) in [5.41, 5.74) is 0.595. The minimum absolute atomic E-state index is 0.0716. The molecule has 1 aromatic rings. The molecule has 1 atom stereocenters. The van der Waals surface area contributed by atoms with E-state index in [4.69, 9.17) is 0 Å². The van der Waals surface area contributed by atoms with Crippen LogP contribution < -0.4 is 0 Å². The van der Waals surface area contributed by atoms with Crippen LogP contribution in [0.4, 0.5) is 17.6 Å². The van der Waals surface area contributed by atoms with Crippen LogP contribution in [-0.4, -0.2) is 23.2 Å². The fourth-order valence-electron chi connectivity index (χ4n) is 1.64. The number of alkyl halides is 4. The highest BCUT2D eigenvalue weighted by Crippen LogP contribution is 2.25. The van der Waals surface area contributed by atoms with Gasteiger partial charge in [-0.1, -0.05) is 42.1 Å². The van der Waals surface area contributed by atoms with Gasteiger partial charge in [-0.15, -0.1) is 0 Å². The number of thioether (sulfide) groups is 1. The largest absolute Gasteiger partial charge is 0.391 e. The van der Waals surface area contributed by atoms with E-state index >= 15 is 0 Å². The summed E-state index contributed by atoms with van der Waals surface area (Å²) in [5.74, 6) is 0.493. The molecule has 0 aliphatic carbocycles. The van der Waals surface area contributed by atoms with Crippen molar-refractivity contribution in [1.82, 2.24) is 0 Å². The Labute approximate surface area is 119 Å². The van der Waals surface area contributed by atoms with Gasteiger partial charge in [-0.25, -0.2) is 4.39 Å². The molecule has 0 radical (unpaired) electrons. The van der Waals surface area contributed by atoms with Crippen LogP contribution >= 0.6 is 11.8 Å². The second-order valence-corrected chi connectivity index (χ2v) is 5.48. The third-order valence-electron chi connectivity index (χ3n) is 2.61. The van der Waals surface area contributed by atoms with E-state index in [9.17, 15) is 22.4 Å². The molecule has 0 aliphatic heterocycles. The SMILES string of the molecule is O=C(SCCCCC(F)CC(F)(F)F)c1ccccc1. The summed E-state index contributed by atoms with van der Waals surface area (Å²) >= 11 is 1.11. The van der Waals surface area contributed by atoms with Gasteiger partial charge in [-0.05, 0) is 19.3 Å². The Morgan fingerprint density at radius 3 is 2.40 bits per heavy atom. The van der Waals surface area contributed by atoms with E-state index in [1.54, 1.807) is 24.3 Å². The first-order valence-electron chi connectivity index (χ1n) is 6.31. The predicted molar refractivity (Wildman–Crippen MR) is 72.6 cm³/mol. The molecule has 6 heteroatoms. The van der Waals surface area contributed by atoms with Gasteiger partial charge in [-0.2, -0.15) is 13.2 Å². The molecule has 20 heavy (non-hydrogen) atoms. The van der Waals surface area contributed by atoms with Crippen LogP contribution in [0.3, 0.4) is 0 Å². The molecule has 0 spiro atoms. The van der Waals surface area contributed by atoms with Crippen molar-refractivity contribution in [2.45, 2.75) is 38.0 Å². The maximum absolute atomic E-state index is 13.0. The fourth-order valence-corrected chi connectivity index (χ4v) is 2.48. The summed E-state index contributed by atoms with van der Waals surface area (Å²) in [5, 5.41) is -0.0716. The molecule has 0 heterocycles. The average molecular weight is 308 g/mol. The van der Waals surface area contributed by atoms with Crippen molar-refractivity contribution in [1.29, 1.82) is 0 Å². The zero-order chi connectivity index (χ0) is 15.0. The summed E-state index contributed by atoms with van der Waals surface area (Å²) in [6.07, 6.45) is -6.90. The molecule has 0 aromatic heterocycles. The number of unbranched alkanes of at least 4 members (excludes halogenated alkanes) is 1. The highest BCUT2D eigenvalue weighted by atomic mass is 32.2. The van der Waals surface area contributed by atoms with Crippen LogP contribution in [0.15, 0.2) is 30.3 Å². The maximum Gasteiger partial charge on any atom is 0.391 e. The number of halogens is 4. The Morgan fingerprint density at radius 2 is 1.80 bits per heavy atom. The lowest BCUT2D eigenvalue weighted by molar-refractivity contribution is -0.146. The molecule has 1 rings (SSSR count). The molecule has 0 amide bonds. The topological polar surface area (TPSA) is 17.1 Å². The number of hydrogen-bond donors (Lipinski definition) is 0. The van der Waals surface area contributed by atoms with Gasteiger partial charge in [0.1, 0.15) is 6.17 Å². The van der Waals surface area contributed by atoms with Gasteiger partial charge in [-0.3, -0.25) is 4.79 Å². The Hall–Kier alpha value is -1.04. The second kappa shape index (κ2) is 8.29. The number of carbonyl (C=O) groups is 1. The van der Waals surface area contributed by atoms with E-state index in [-0.39, 0.29) is 11.5 Å². The van der Waals surface area contributed by atoms with Crippen LogP contribution in [0.5, 0.6) is 0 Å². The van der Waals surface area contributed by atoms with Crippen molar-refractivity contribution in [2.75, 3.05) is 5.75 Å². The summed E-state index contributed by atoms with van der Waals surface area (Å²) < 4.78 is 48.6. The van der Waals surface area contributed by atoms with Crippen LogP contribution in [0.2, 0.25) is 0 Å². The van der Waals surface area contributed by atoms with E-state index < -0.39 is 18.8 Å². The van der Waals surface area contributed by atoms with Gasteiger partial charge in [0.2, 0.25) is 5.12 Å². The minimum Gasteiger partial charge on any atom is -0.282 e. The molecule has 0 saturated carbocycles. The quantitative estimate of drug-likeness (QED) is 0.519. The minimum atomic E-state index is -4.45. The third-order valence-corrected chi connectivity index (χ3v) is 3.60. The van der Waals surface area contributed by atoms with E-state index in [1.807, 2.05) is 6.07 Å². The Bertz CT molecular complexity index is 405. The van der Waals surface area contributed by atoms with Crippen molar-refractivity contribution >= 4 is 16.9 Å². The molecule has 1 nitrogen and oxygen atoms in total. The molecule has 112 valence electrons. The van der Waals surface area contributed by atoms with Crippen molar-refractivity contribution in [3.05, 3.63) is 35.9 Å². The van der Waals surface area contributed by atoms with Gasteiger partial charge in [0.25, 0.3) is 0 Å². The van der Waals surface area contributed by atoms with Crippen LogP contribution in [0.1, 0.15) is 36.0 Å². The highest BCUT2D eigenvalue weighted by Gasteiger charge is 2.31. The van der Waals surface area contributed by atoms with E-state index in [1.165, 1.54) is 0 Å². The number of benzene rings is 1. The van der Waals surface area contributed by atoms with Gasteiger partial charge in [0, 0.05) is 11.3 Å². The predicted octanol–water partition coefficient (Wildman–Crippen LogP) is 5.02. The summed E-state index contributed by atoms with van der Waals surface area (Å²) in [4.78, 5) is 11.7. The molecule has 0 bridgehead atoms. The smallest absolute Gasteiger partial charge is 0.282 e. The standard InChI is InChI=1S/C14H16F4OS/c15-12(10-14(16,17)18)8-4-5-9-20-13(19)11-6-2-1-3-7-11/h1-3,6-7,12H,4-5,8-10H2. The molecule has 0 fully saturated rings. The van der Waals surface area contributed by atoms with Crippen molar-refractivity contribution in [2.24, 2.45) is 0 Å². The monoisotopic (exact) mass is 308 g/mol. The van der Waals surface area contributed by atoms with Crippen LogP contribution in [0, 0.1) is 0 Å². The van der Waals surface area contributed by atoms with Crippen LogP contribution in [0.25, 0.3) is 0 Å². The van der Waals surface area contributed by atoms with Gasteiger partial charge < -0.3 is 0 Å². The lowest BCUT2D eigenvalue weighted by atomic mass is 10.1. The summed E-state index contributed by atoms with van der Waals surface area (Å²) in [6, 6.07) is 8.74.